The van der Waals surface area contributed by atoms with E-state index in [4.69, 9.17) is 0 Å². The van der Waals surface area contributed by atoms with Gasteiger partial charge >= 0.3 is 6.18 Å². The lowest BCUT2D eigenvalue weighted by Gasteiger charge is -2.21. The number of carbonyl (C=O) groups excluding carboxylic acids is 1. The molecular formula is C22H18F3NO. The first-order valence-electron chi connectivity index (χ1n) is 8.50. The van der Waals surface area contributed by atoms with E-state index in [9.17, 15) is 18.0 Å². The highest BCUT2D eigenvalue weighted by molar-refractivity contribution is 5.96. The molecule has 0 aliphatic carbocycles. The van der Waals surface area contributed by atoms with Gasteiger partial charge in [-0.05, 0) is 23.8 Å². The zero-order valence-corrected chi connectivity index (χ0v) is 14.4. The molecule has 1 unspecified atom stereocenters. The fourth-order valence-electron chi connectivity index (χ4n) is 2.85. The molecular weight excluding hydrogens is 351 g/mol. The zero-order chi connectivity index (χ0) is 19.3. The summed E-state index contributed by atoms with van der Waals surface area (Å²) in [6, 6.07) is 22.6. The topological polar surface area (TPSA) is 29.1 Å². The highest BCUT2D eigenvalue weighted by Crippen LogP contribution is 2.32. The van der Waals surface area contributed by atoms with Crippen LogP contribution in [0.2, 0.25) is 0 Å². The van der Waals surface area contributed by atoms with Crippen LogP contribution in [0.25, 0.3) is 0 Å². The molecule has 2 nitrogen and oxygen atoms in total. The van der Waals surface area contributed by atoms with Crippen LogP contribution in [-0.2, 0) is 6.18 Å². The minimum atomic E-state index is -4.42. The van der Waals surface area contributed by atoms with Crippen LogP contribution >= 0.6 is 0 Å². The minimum Gasteiger partial charge on any atom is -0.378 e. The van der Waals surface area contributed by atoms with Gasteiger partial charge in [0, 0.05) is 17.7 Å². The number of hydrogen-bond donors (Lipinski definition) is 1. The van der Waals surface area contributed by atoms with Crippen molar-refractivity contribution >= 4 is 11.5 Å². The first-order chi connectivity index (χ1) is 12.9. The first-order valence-corrected chi connectivity index (χ1v) is 8.50. The number of benzene rings is 3. The molecule has 1 N–H and O–H groups in total. The Labute approximate surface area is 155 Å². The van der Waals surface area contributed by atoms with Crippen molar-refractivity contribution in [3.63, 3.8) is 0 Å². The second-order valence-electron chi connectivity index (χ2n) is 6.18. The molecule has 5 heteroatoms. The van der Waals surface area contributed by atoms with E-state index < -0.39 is 17.8 Å². The Balaban J connectivity index is 1.86. The van der Waals surface area contributed by atoms with E-state index in [1.807, 2.05) is 36.4 Å². The largest absolute Gasteiger partial charge is 0.416 e. The Morgan fingerprint density at radius 3 is 2.11 bits per heavy atom. The highest BCUT2D eigenvalue weighted by Gasteiger charge is 2.30. The van der Waals surface area contributed by atoms with Crippen LogP contribution < -0.4 is 5.32 Å². The number of ketones is 1. The second kappa shape index (κ2) is 8.08. The van der Waals surface area contributed by atoms with E-state index in [1.165, 1.54) is 6.07 Å². The third-order valence-corrected chi connectivity index (χ3v) is 4.22. The Kier molecular flexibility index (Phi) is 5.60. The molecule has 0 aliphatic rings. The Bertz CT molecular complexity index is 892. The van der Waals surface area contributed by atoms with Gasteiger partial charge < -0.3 is 5.32 Å². The van der Waals surface area contributed by atoms with Gasteiger partial charge in [-0.2, -0.15) is 13.2 Å². The normalized spacial score (nSPS) is 12.4. The predicted octanol–water partition coefficient (Wildman–Crippen LogP) is 6.13. The molecule has 3 aromatic carbocycles. The third kappa shape index (κ3) is 4.97. The lowest BCUT2D eigenvalue weighted by atomic mass is 9.97. The number of anilines is 1. The molecule has 1 atom stereocenters. The summed E-state index contributed by atoms with van der Waals surface area (Å²) in [6.45, 7) is 0. The summed E-state index contributed by atoms with van der Waals surface area (Å²) in [5.41, 5.74) is 0.997. The monoisotopic (exact) mass is 369 g/mol. The zero-order valence-electron chi connectivity index (χ0n) is 14.4. The van der Waals surface area contributed by atoms with Crippen molar-refractivity contribution in [1.82, 2.24) is 0 Å². The van der Waals surface area contributed by atoms with Crippen molar-refractivity contribution in [2.45, 2.75) is 18.6 Å². The van der Waals surface area contributed by atoms with Gasteiger partial charge in [0.15, 0.2) is 5.78 Å². The number of Topliss-reactive ketones (excluding diaryl/α,β-unsaturated/α-hetero) is 1. The van der Waals surface area contributed by atoms with Crippen LogP contribution in [0.4, 0.5) is 18.9 Å². The number of rotatable bonds is 6. The molecule has 27 heavy (non-hydrogen) atoms. The number of hydrogen-bond acceptors (Lipinski definition) is 2. The van der Waals surface area contributed by atoms with Gasteiger partial charge in [-0.25, -0.2) is 0 Å². The van der Waals surface area contributed by atoms with Crippen LogP contribution in [0.3, 0.4) is 0 Å². The molecule has 0 saturated heterocycles. The summed E-state index contributed by atoms with van der Waals surface area (Å²) in [5.74, 6) is -0.0797. The van der Waals surface area contributed by atoms with Crippen molar-refractivity contribution in [3.8, 4) is 0 Å². The highest BCUT2D eigenvalue weighted by atomic mass is 19.4. The maximum absolute atomic E-state index is 13.0. The molecule has 0 spiro atoms. The summed E-state index contributed by atoms with van der Waals surface area (Å²) in [7, 11) is 0. The molecule has 0 heterocycles. The summed E-state index contributed by atoms with van der Waals surface area (Å²) in [6.07, 6.45) is -4.29. The van der Waals surface area contributed by atoms with Crippen molar-refractivity contribution < 1.29 is 18.0 Å². The van der Waals surface area contributed by atoms with Crippen LogP contribution in [0.1, 0.15) is 33.9 Å². The molecule has 0 amide bonds. The number of carbonyl (C=O) groups is 1. The average molecular weight is 369 g/mol. The molecule has 0 aliphatic heterocycles. The lowest BCUT2D eigenvalue weighted by Crippen LogP contribution is -2.16. The predicted molar refractivity (Wildman–Crippen MR) is 99.6 cm³/mol. The summed E-state index contributed by atoms with van der Waals surface area (Å²) >= 11 is 0. The molecule has 3 aromatic rings. The van der Waals surface area contributed by atoms with E-state index in [0.717, 1.165) is 17.7 Å². The number of nitrogens with one attached hydrogen (secondary N) is 1. The maximum atomic E-state index is 13.0. The molecule has 0 saturated carbocycles. The Morgan fingerprint density at radius 1 is 0.852 bits per heavy atom. The van der Waals surface area contributed by atoms with E-state index in [-0.39, 0.29) is 12.2 Å². The number of alkyl halides is 3. The van der Waals surface area contributed by atoms with Crippen LogP contribution in [0.5, 0.6) is 0 Å². The third-order valence-electron chi connectivity index (χ3n) is 4.22. The van der Waals surface area contributed by atoms with Crippen molar-refractivity contribution in [1.29, 1.82) is 0 Å². The first kappa shape index (κ1) is 18.7. The summed E-state index contributed by atoms with van der Waals surface area (Å²) in [4.78, 5) is 12.6. The van der Waals surface area contributed by atoms with Crippen LogP contribution in [0, 0.1) is 0 Å². The van der Waals surface area contributed by atoms with E-state index in [2.05, 4.69) is 5.32 Å². The average Bonchev–Trinajstić information content (AvgIpc) is 2.68. The molecule has 3 rings (SSSR count). The van der Waals surface area contributed by atoms with Gasteiger partial charge in [-0.3, -0.25) is 4.79 Å². The Morgan fingerprint density at radius 2 is 1.48 bits per heavy atom. The van der Waals surface area contributed by atoms with E-state index in [0.29, 0.717) is 11.3 Å². The quantitative estimate of drug-likeness (QED) is 0.530. The standard InChI is InChI=1S/C22H18F3NO/c23-22(24,25)18-12-7-13-19(14-18)26-20(16-8-3-1-4-9-16)15-21(27)17-10-5-2-6-11-17/h1-14,20,26H,15H2. The lowest BCUT2D eigenvalue weighted by molar-refractivity contribution is -0.137. The van der Waals surface area contributed by atoms with Crippen LogP contribution in [0.15, 0.2) is 84.9 Å². The van der Waals surface area contributed by atoms with Crippen LogP contribution in [-0.4, -0.2) is 5.78 Å². The summed E-state index contributed by atoms with van der Waals surface area (Å²) in [5, 5.41) is 3.09. The number of halogens is 3. The second-order valence-corrected chi connectivity index (χ2v) is 6.18. The SMILES string of the molecule is O=C(CC(Nc1cccc(C(F)(F)F)c1)c1ccccc1)c1ccccc1. The molecule has 138 valence electrons. The van der Waals surface area contributed by atoms with Crippen molar-refractivity contribution in [2.75, 3.05) is 5.32 Å². The van der Waals surface area contributed by atoms with E-state index >= 15 is 0 Å². The smallest absolute Gasteiger partial charge is 0.378 e. The molecule has 0 fully saturated rings. The van der Waals surface area contributed by atoms with Gasteiger partial charge in [-0.15, -0.1) is 0 Å². The molecule has 0 radical (unpaired) electrons. The molecule has 0 bridgehead atoms. The van der Waals surface area contributed by atoms with Crippen molar-refractivity contribution in [3.05, 3.63) is 102 Å². The van der Waals surface area contributed by atoms with Gasteiger partial charge in [0.2, 0.25) is 0 Å². The minimum absolute atomic E-state index is 0.0797. The van der Waals surface area contributed by atoms with Gasteiger partial charge in [0.05, 0.1) is 11.6 Å². The van der Waals surface area contributed by atoms with E-state index in [1.54, 1.807) is 30.3 Å². The maximum Gasteiger partial charge on any atom is 0.416 e. The van der Waals surface area contributed by atoms with Gasteiger partial charge in [-0.1, -0.05) is 66.7 Å². The fraction of sp³-hybridized carbons (Fsp3) is 0.136. The summed E-state index contributed by atoms with van der Waals surface area (Å²) < 4.78 is 38.9. The Hall–Kier alpha value is -3.08. The molecule has 0 aromatic heterocycles. The van der Waals surface area contributed by atoms with Gasteiger partial charge in [0.25, 0.3) is 0 Å². The van der Waals surface area contributed by atoms with Crippen molar-refractivity contribution in [2.24, 2.45) is 0 Å². The van der Waals surface area contributed by atoms with Gasteiger partial charge in [0.1, 0.15) is 0 Å². The fourth-order valence-corrected chi connectivity index (χ4v) is 2.85.